The Balaban J connectivity index is 1.57. The molecular weight excluding hydrogens is 398 g/mol. The van der Waals surface area contributed by atoms with Gasteiger partial charge in [0, 0.05) is 36.8 Å². The van der Waals surface area contributed by atoms with Gasteiger partial charge in [-0.15, -0.1) is 0 Å². The molecule has 1 aromatic heterocycles. The first kappa shape index (κ1) is 19.6. The smallest absolute Gasteiger partial charge is 0.250 e. The lowest BCUT2D eigenvalue weighted by Crippen LogP contribution is -2.40. The normalized spacial score (nSPS) is 17.7. The topological polar surface area (TPSA) is 108 Å². The number of nitrogens with zero attached hydrogens (tertiary/aromatic N) is 6. The molecule has 2 saturated heterocycles. The predicted octanol–water partition coefficient (Wildman–Crippen LogP) is 1.35. The van der Waals surface area contributed by atoms with Crippen molar-refractivity contribution in [1.29, 1.82) is 0 Å². The maximum atomic E-state index is 9.90. The van der Waals surface area contributed by atoms with Crippen molar-refractivity contribution in [3.63, 3.8) is 0 Å². The maximum absolute atomic E-state index is 9.90. The van der Waals surface area contributed by atoms with Crippen LogP contribution in [-0.2, 0) is 9.47 Å². The number of hydrazone groups is 1. The molecule has 154 valence electrons. The summed E-state index contributed by atoms with van der Waals surface area (Å²) in [6.45, 7) is 5.39. The van der Waals surface area contributed by atoms with Crippen molar-refractivity contribution in [2.45, 2.75) is 0 Å². The Morgan fingerprint density at radius 2 is 1.55 bits per heavy atom. The first-order chi connectivity index (χ1) is 14.2. The van der Waals surface area contributed by atoms with Crippen molar-refractivity contribution in [1.82, 2.24) is 15.0 Å². The molecule has 0 spiro atoms. The number of halogens is 1. The van der Waals surface area contributed by atoms with Crippen LogP contribution in [0.4, 0.5) is 17.8 Å². The Morgan fingerprint density at radius 3 is 2.14 bits per heavy atom. The molecule has 10 nitrogen and oxygen atoms in total. The van der Waals surface area contributed by atoms with E-state index in [1.54, 1.807) is 12.1 Å². The SMILES string of the molecule is Oc1ccc(Cl)cc1/C=N/Nc1nc(N2CCOCC2)nc(N2CCOCC2)n1. The molecule has 29 heavy (non-hydrogen) atoms. The van der Waals surface area contributed by atoms with E-state index in [2.05, 4.69) is 35.3 Å². The zero-order valence-corrected chi connectivity index (χ0v) is 16.5. The molecule has 11 heteroatoms. The second kappa shape index (κ2) is 9.21. The largest absolute Gasteiger partial charge is 0.507 e. The fourth-order valence-electron chi connectivity index (χ4n) is 3.00. The Kier molecular flexibility index (Phi) is 6.23. The molecule has 0 atom stereocenters. The van der Waals surface area contributed by atoms with Crippen molar-refractivity contribution < 1.29 is 14.6 Å². The summed E-state index contributed by atoms with van der Waals surface area (Å²) < 4.78 is 10.8. The quantitative estimate of drug-likeness (QED) is 0.548. The van der Waals surface area contributed by atoms with Gasteiger partial charge in [-0.2, -0.15) is 20.1 Å². The average molecular weight is 420 g/mol. The van der Waals surface area contributed by atoms with Gasteiger partial charge in [0.1, 0.15) is 5.75 Å². The van der Waals surface area contributed by atoms with Crippen molar-refractivity contribution in [2.75, 3.05) is 67.8 Å². The Morgan fingerprint density at radius 1 is 0.966 bits per heavy atom. The summed E-state index contributed by atoms with van der Waals surface area (Å²) in [6.07, 6.45) is 1.47. The molecule has 2 aliphatic rings. The number of phenolic OH excluding ortho intramolecular Hbond substituents is 1. The summed E-state index contributed by atoms with van der Waals surface area (Å²) in [4.78, 5) is 17.8. The number of ether oxygens (including phenoxy) is 2. The van der Waals surface area contributed by atoms with Crippen molar-refractivity contribution >= 4 is 35.7 Å². The number of aromatic nitrogens is 3. The van der Waals surface area contributed by atoms with E-state index in [-0.39, 0.29) is 5.75 Å². The van der Waals surface area contributed by atoms with E-state index in [1.807, 2.05) is 0 Å². The molecule has 3 heterocycles. The summed E-state index contributed by atoms with van der Waals surface area (Å²) in [5.74, 6) is 1.56. The van der Waals surface area contributed by atoms with Gasteiger partial charge in [0.25, 0.3) is 0 Å². The van der Waals surface area contributed by atoms with E-state index in [0.717, 1.165) is 0 Å². The first-order valence-electron chi connectivity index (χ1n) is 9.38. The minimum atomic E-state index is 0.0820. The summed E-state index contributed by atoms with van der Waals surface area (Å²) in [7, 11) is 0. The molecule has 0 saturated carbocycles. The summed E-state index contributed by atoms with van der Waals surface area (Å²) in [5.41, 5.74) is 3.32. The van der Waals surface area contributed by atoms with E-state index >= 15 is 0 Å². The molecule has 0 amide bonds. The number of hydrogen-bond donors (Lipinski definition) is 2. The molecule has 2 fully saturated rings. The van der Waals surface area contributed by atoms with Gasteiger partial charge >= 0.3 is 0 Å². The van der Waals surface area contributed by atoms with Crippen molar-refractivity contribution in [3.8, 4) is 5.75 Å². The third-order valence-electron chi connectivity index (χ3n) is 4.56. The highest BCUT2D eigenvalue weighted by Crippen LogP contribution is 2.21. The Hall–Kier alpha value is -2.69. The predicted molar refractivity (Wildman–Crippen MR) is 110 cm³/mol. The first-order valence-corrected chi connectivity index (χ1v) is 9.76. The number of phenols is 1. The van der Waals surface area contributed by atoms with Crippen LogP contribution in [0.15, 0.2) is 23.3 Å². The monoisotopic (exact) mass is 419 g/mol. The molecule has 2 aromatic rings. The van der Waals surface area contributed by atoms with Crippen LogP contribution in [0, 0.1) is 0 Å². The van der Waals surface area contributed by atoms with E-state index in [1.165, 1.54) is 12.3 Å². The molecule has 2 N–H and O–H groups in total. The van der Waals surface area contributed by atoms with Crippen LogP contribution in [0.3, 0.4) is 0 Å². The van der Waals surface area contributed by atoms with Crippen LogP contribution in [0.1, 0.15) is 5.56 Å². The molecular formula is C18H22ClN7O3. The lowest BCUT2D eigenvalue weighted by molar-refractivity contribution is 0.121. The third-order valence-corrected chi connectivity index (χ3v) is 4.79. The highest BCUT2D eigenvalue weighted by molar-refractivity contribution is 6.30. The van der Waals surface area contributed by atoms with Gasteiger partial charge in [-0.1, -0.05) is 11.6 Å². The van der Waals surface area contributed by atoms with E-state index in [9.17, 15) is 5.11 Å². The van der Waals surface area contributed by atoms with Gasteiger partial charge in [0.05, 0.1) is 32.6 Å². The van der Waals surface area contributed by atoms with Crippen molar-refractivity contribution in [3.05, 3.63) is 28.8 Å². The minimum Gasteiger partial charge on any atom is -0.507 e. The second-order valence-corrected chi connectivity index (χ2v) is 6.97. The molecule has 1 aromatic carbocycles. The number of hydrogen-bond acceptors (Lipinski definition) is 10. The van der Waals surface area contributed by atoms with Crippen LogP contribution in [0.5, 0.6) is 5.75 Å². The third kappa shape index (κ3) is 5.03. The van der Waals surface area contributed by atoms with Crippen LogP contribution >= 0.6 is 11.6 Å². The lowest BCUT2D eigenvalue weighted by atomic mass is 10.2. The fraction of sp³-hybridized carbons (Fsp3) is 0.444. The zero-order valence-electron chi connectivity index (χ0n) is 15.8. The highest BCUT2D eigenvalue weighted by atomic mass is 35.5. The molecule has 0 bridgehead atoms. The van der Waals surface area contributed by atoms with Gasteiger partial charge < -0.3 is 24.4 Å². The van der Waals surface area contributed by atoms with Crippen LogP contribution < -0.4 is 15.2 Å². The van der Waals surface area contributed by atoms with E-state index in [4.69, 9.17) is 21.1 Å². The average Bonchev–Trinajstić information content (AvgIpc) is 2.77. The summed E-state index contributed by atoms with van der Waals surface area (Å²) in [6, 6.07) is 4.74. The Labute approximate surface area is 173 Å². The van der Waals surface area contributed by atoms with E-state index < -0.39 is 0 Å². The Bertz CT molecular complexity index is 834. The molecule has 0 unspecified atom stereocenters. The van der Waals surface area contributed by atoms with Gasteiger partial charge in [-0.25, -0.2) is 5.43 Å². The van der Waals surface area contributed by atoms with Gasteiger partial charge in [0.2, 0.25) is 17.8 Å². The highest BCUT2D eigenvalue weighted by Gasteiger charge is 2.20. The van der Waals surface area contributed by atoms with Crippen LogP contribution in [-0.4, -0.2) is 78.9 Å². The fourth-order valence-corrected chi connectivity index (χ4v) is 3.18. The number of benzene rings is 1. The number of anilines is 3. The summed E-state index contributed by atoms with van der Waals surface area (Å²) >= 11 is 5.97. The summed E-state index contributed by atoms with van der Waals surface area (Å²) in [5, 5.41) is 14.6. The zero-order chi connectivity index (χ0) is 20.1. The molecule has 0 aliphatic carbocycles. The molecule has 2 aliphatic heterocycles. The van der Waals surface area contributed by atoms with Crippen molar-refractivity contribution in [2.24, 2.45) is 5.10 Å². The number of rotatable bonds is 5. The molecule has 0 radical (unpaired) electrons. The van der Waals surface area contributed by atoms with Crippen LogP contribution in [0.25, 0.3) is 0 Å². The van der Waals surface area contributed by atoms with E-state index in [0.29, 0.717) is 81.0 Å². The maximum Gasteiger partial charge on any atom is 0.250 e. The number of aromatic hydroxyl groups is 1. The van der Waals surface area contributed by atoms with Gasteiger partial charge in [0.15, 0.2) is 0 Å². The lowest BCUT2D eigenvalue weighted by Gasteiger charge is -2.30. The van der Waals surface area contributed by atoms with Gasteiger partial charge in [-0.05, 0) is 18.2 Å². The second-order valence-electron chi connectivity index (χ2n) is 6.53. The van der Waals surface area contributed by atoms with Gasteiger partial charge in [-0.3, -0.25) is 0 Å². The van der Waals surface area contributed by atoms with Crippen LogP contribution in [0.2, 0.25) is 5.02 Å². The minimum absolute atomic E-state index is 0.0820. The number of morpholine rings is 2. The number of nitrogens with one attached hydrogen (secondary N) is 1. The standard InChI is InChI=1S/C18H22ClN7O3/c19-14-1-2-15(27)13(11-14)12-20-24-16-21-17(25-3-7-28-8-4-25)23-18(22-16)26-5-9-29-10-6-26/h1-2,11-12,27H,3-10H2,(H,21,22,23,24)/b20-12+. The molecule has 4 rings (SSSR count).